The lowest BCUT2D eigenvalue weighted by molar-refractivity contribution is -0.137. The van der Waals surface area contributed by atoms with Crippen molar-refractivity contribution in [3.8, 4) is 0 Å². The summed E-state index contributed by atoms with van der Waals surface area (Å²) in [6, 6.07) is 4.66. The van der Waals surface area contributed by atoms with Gasteiger partial charge in [0.2, 0.25) is 5.91 Å². The first-order valence-corrected chi connectivity index (χ1v) is 15.9. The van der Waals surface area contributed by atoms with Crippen LogP contribution in [0.25, 0.3) is 0 Å². The minimum atomic E-state index is -4.70. The molecule has 1 heterocycles. The highest BCUT2D eigenvalue weighted by Crippen LogP contribution is 2.54. The number of alkyl halides is 3. The molecule has 2 aromatic carbocycles. The van der Waals surface area contributed by atoms with Gasteiger partial charge in [-0.05, 0) is 88.1 Å². The van der Waals surface area contributed by atoms with Crippen molar-refractivity contribution < 1.29 is 35.6 Å². The number of rotatable bonds is 7. The predicted molar refractivity (Wildman–Crippen MR) is 149 cm³/mol. The lowest BCUT2D eigenvalue weighted by atomic mass is 9.98. The Morgan fingerprint density at radius 2 is 1.71 bits per heavy atom. The Morgan fingerprint density at radius 3 is 2.26 bits per heavy atom. The maximum absolute atomic E-state index is 14.9. The maximum Gasteiger partial charge on any atom is 0.416 e. The summed E-state index contributed by atoms with van der Waals surface area (Å²) in [4.78, 5) is 29.4. The Labute approximate surface area is 243 Å². The maximum atomic E-state index is 14.9. The molecular weight excluding hydrogens is 574 g/mol. The smallest absolute Gasteiger partial charge is 0.380 e. The van der Waals surface area contributed by atoms with Crippen molar-refractivity contribution in [3.63, 3.8) is 0 Å². The first kappa shape index (κ1) is 30.3. The van der Waals surface area contributed by atoms with Crippen LogP contribution in [0.2, 0.25) is 0 Å². The zero-order chi connectivity index (χ0) is 30.9. The molecule has 3 fully saturated rings. The van der Waals surface area contributed by atoms with Gasteiger partial charge in [-0.1, -0.05) is 13.0 Å². The summed E-state index contributed by atoms with van der Waals surface area (Å²) in [6.45, 7) is 7.68. The standard InChI is InChI=1S/C30H35F4N3O4S/c1-15-20-14-24(27(38)35-25(16-6-7-16)19-10-8-17(12-22(19)31)30(32,33)34)37(26(15)20)28(39)21-13-18(42(5,40)41)9-11-23(21)36-29(2,3)4/h8-13,15-16,20,24-26,36H,6-7,14H2,1-5H3,(H,35,38)/t15?,20?,24-,25?,26?/m1/s1. The van der Waals surface area contributed by atoms with Crippen LogP contribution in [0.3, 0.4) is 0 Å². The van der Waals surface area contributed by atoms with Gasteiger partial charge in [-0.2, -0.15) is 13.2 Å². The number of sulfone groups is 1. The second-order valence-corrected chi connectivity index (χ2v) is 14.9. The summed E-state index contributed by atoms with van der Waals surface area (Å²) in [5.41, 5.74) is -1.04. The molecule has 228 valence electrons. The number of carbonyl (C=O) groups excluding carboxylic acids is 2. The normalized spacial score (nSPS) is 24.6. The van der Waals surface area contributed by atoms with Crippen LogP contribution in [0.5, 0.6) is 0 Å². The Bertz CT molecular complexity index is 1530. The number of fused-ring (bicyclic) bond motifs is 1. The molecule has 2 amide bonds. The molecule has 5 rings (SSSR count). The van der Waals surface area contributed by atoms with Gasteiger partial charge in [0.25, 0.3) is 5.91 Å². The molecule has 2 aliphatic carbocycles. The van der Waals surface area contributed by atoms with Crippen LogP contribution in [-0.2, 0) is 20.8 Å². The number of hydrogen-bond acceptors (Lipinski definition) is 5. The van der Waals surface area contributed by atoms with E-state index in [1.807, 2.05) is 27.7 Å². The third kappa shape index (κ3) is 6.00. The fraction of sp³-hybridized carbons (Fsp3) is 0.533. The topological polar surface area (TPSA) is 95.6 Å². The molecule has 42 heavy (non-hydrogen) atoms. The van der Waals surface area contributed by atoms with Crippen LogP contribution in [0.1, 0.15) is 74.5 Å². The fourth-order valence-electron chi connectivity index (χ4n) is 6.09. The van der Waals surface area contributed by atoms with Gasteiger partial charge in [-0.3, -0.25) is 9.59 Å². The van der Waals surface area contributed by atoms with E-state index in [1.54, 1.807) is 6.07 Å². The highest BCUT2D eigenvalue weighted by molar-refractivity contribution is 7.90. The summed E-state index contributed by atoms with van der Waals surface area (Å²) in [7, 11) is -3.64. The Kier molecular flexibility index (Phi) is 7.39. The molecule has 2 aromatic rings. The molecule has 0 radical (unpaired) electrons. The van der Waals surface area contributed by atoms with Crippen molar-refractivity contribution in [2.75, 3.05) is 11.6 Å². The number of carbonyl (C=O) groups is 2. The number of anilines is 1. The summed E-state index contributed by atoms with van der Waals surface area (Å²) < 4.78 is 79.0. The second kappa shape index (κ2) is 10.2. The van der Waals surface area contributed by atoms with Gasteiger partial charge in [0.15, 0.2) is 9.84 Å². The molecule has 0 aromatic heterocycles. The zero-order valence-electron chi connectivity index (χ0n) is 24.0. The molecule has 2 N–H and O–H groups in total. The number of nitrogens with zero attached hydrogens (tertiary/aromatic N) is 1. The Balaban J connectivity index is 1.46. The van der Waals surface area contributed by atoms with Crippen molar-refractivity contribution in [2.45, 2.75) is 81.7 Å². The van der Waals surface area contributed by atoms with E-state index in [2.05, 4.69) is 10.6 Å². The Hall–Kier alpha value is -3.15. The van der Waals surface area contributed by atoms with E-state index in [1.165, 1.54) is 17.0 Å². The van der Waals surface area contributed by atoms with Crippen molar-refractivity contribution >= 4 is 27.3 Å². The quantitative estimate of drug-likeness (QED) is 0.400. The van der Waals surface area contributed by atoms with Crippen LogP contribution in [0.15, 0.2) is 41.3 Å². The highest BCUT2D eigenvalue weighted by Gasteiger charge is 2.62. The van der Waals surface area contributed by atoms with E-state index in [0.717, 1.165) is 18.4 Å². The molecule has 0 spiro atoms. The van der Waals surface area contributed by atoms with Gasteiger partial charge < -0.3 is 15.5 Å². The lowest BCUT2D eigenvalue weighted by Gasteiger charge is -2.31. The number of nitrogens with one attached hydrogen (secondary N) is 2. The van der Waals surface area contributed by atoms with Crippen molar-refractivity contribution in [1.29, 1.82) is 0 Å². The molecule has 7 nitrogen and oxygen atoms in total. The monoisotopic (exact) mass is 609 g/mol. The minimum Gasteiger partial charge on any atom is -0.380 e. The first-order valence-electron chi connectivity index (χ1n) is 14.0. The zero-order valence-corrected chi connectivity index (χ0v) is 24.9. The molecule has 0 bridgehead atoms. The molecule has 2 saturated carbocycles. The van der Waals surface area contributed by atoms with Gasteiger partial charge in [-0.15, -0.1) is 0 Å². The van der Waals surface area contributed by atoms with Crippen LogP contribution >= 0.6 is 0 Å². The van der Waals surface area contributed by atoms with Crippen LogP contribution < -0.4 is 10.6 Å². The first-order chi connectivity index (χ1) is 19.4. The number of piperidine rings is 1. The average molecular weight is 610 g/mol. The van der Waals surface area contributed by atoms with E-state index in [4.69, 9.17) is 0 Å². The van der Waals surface area contributed by atoms with Gasteiger partial charge in [-0.25, -0.2) is 12.8 Å². The second-order valence-electron chi connectivity index (χ2n) is 12.9. The number of benzene rings is 2. The van der Waals surface area contributed by atoms with E-state index < -0.39 is 56.8 Å². The summed E-state index contributed by atoms with van der Waals surface area (Å²) in [5.74, 6) is -1.97. The van der Waals surface area contributed by atoms with Crippen molar-refractivity contribution in [2.24, 2.45) is 17.8 Å². The van der Waals surface area contributed by atoms with Gasteiger partial charge >= 0.3 is 6.18 Å². The fourth-order valence-corrected chi connectivity index (χ4v) is 6.74. The van der Waals surface area contributed by atoms with Gasteiger partial charge in [0.05, 0.1) is 22.1 Å². The van der Waals surface area contributed by atoms with Crippen LogP contribution in [0.4, 0.5) is 23.2 Å². The summed E-state index contributed by atoms with van der Waals surface area (Å²) >= 11 is 0. The lowest BCUT2D eigenvalue weighted by Crippen LogP contribution is -2.50. The molecular formula is C30H35F4N3O4S. The molecule has 1 saturated heterocycles. The molecule has 4 unspecified atom stereocenters. The SMILES string of the molecule is CC1C2C[C@H](C(=O)NC(c3ccc(C(F)(F)F)cc3F)C3CC3)N(C(=O)c3cc(S(C)(=O)=O)ccc3NC(C)(C)C)C12. The number of halogens is 4. The third-order valence-electron chi connectivity index (χ3n) is 8.41. The third-order valence-corrected chi connectivity index (χ3v) is 9.52. The molecule has 12 heteroatoms. The molecule has 1 aliphatic heterocycles. The number of hydrogen-bond donors (Lipinski definition) is 2. The van der Waals surface area contributed by atoms with E-state index in [0.29, 0.717) is 31.0 Å². The predicted octanol–water partition coefficient (Wildman–Crippen LogP) is 5.57. The average Bonchev–Trinajstić information content (AvgIpc) is 3.77. The van der Waals surface area contributed by atoms with E-state index in [-0.39, 0.29) is 39.8 Å². The van der Waals surface area contributed by atoms with E-state index >= 15 is 0 Å². The summed E-state index contributed by atoms with van der Waals surface area (Å²) in [5, 5.41) is 6.10. The molecule has 5 atom stereocenters. The van der Waals surface area contributed by atoms with Gasteiger partial charge in [0, 0.05) is 29.1 Å². The largest absolute Gasteiger partial charge is 0.416 e. The van der Waals surface area contributed by atoms with Gasteiger partial charge in [0.1, 0.15) is 11.9 Å². The van der Waals surface area contributed by atoms with Crippen LogP contribution in [0, 0.1) is 23.6 Å². The van der Waals surface area contributed by atoms with Crippen LogP contribution in [-0.4, -0.2) is 49.0 Å². The van der Waals surface area contributed by atoms with Crippen molar-refractivity contribution in [3.05, 3.63) is 58.9 Å². The Morgan fingerprint density at radius 1 is 1.05 bits per heavy atom. The minimum absolute atomic E-state index is 0.0224. The molecule has 3 aliphatic rings. The summed E-state index contributed by atoms with van der Waals surface area (Å²) in [6.07, 6.45) is -1.90. The highest BCUT2D eigenvalue weighted by atomic mass is 32.2. The van der Waals surface area contributed by atoms with Crippen molar-refractivity contribution in [1.82, 2.24) is 10.2 Å². The number of likely N-dealkylation sites (tertiary alicyclic amines) is 1. The number of amides is 2. The van der Waals surface area contributed by atoms with E-state index in [9.17, 15) is 35.6 Å².